The van der Waals surface area contributed by atoms with Gasteiger partial charge in [0.2, 0.25) is 0 Å². The summed E-state index contributed by atoms with van der Waals surface area (Å²) in [5.41, 5.74) is -0.121. The molecule has 0 radical (unpaired) electrons. The van der Waals surface area contributed by atoms with E-state index >= 15 is 0 Å². The van der Waals surface area contributed by atoms with Gasteiger partial charge in [-0.2, -0.15) is 13.2 Å². The standard InChI is InChI=1S/C14H15F3O/c1-4-5-6-10(2)12-9-11(14(15,16)17)7-8-13(12)18-3/h7-10H,6H2,1-3H3. The van der Waals surface area contributed by atoms with Crippen molar-refractivity contribution < 1.29 is 17.9 Å². The highest BCUT2D eigenvalue weighted by Crippen LogP contribution is 2.36. The lowest BCUT2D eigenvalue weighted by Crippen LogP contribution is -2.07. The highest BCUT2D eigenvalue weighted by molar-refractivity contribution is 5.41. The number of hydrogen-bond donors (Lipinski definition) is 0. The van der Waals surface area contributed by atoms with Crippen molar-refractivity contribution in [2.45, 2.75) is 32.4 Å². The Morgan fingerprint density at radius 3 is 2.50 bits per heavy atom. The number of hydrogen-bond acceptors (Lipinski definition) is 1. The molecule has 18 heavy (non-hydrogen) atoms. The number of alkyl halides is 3. The summed E-state index contributed by atoms with van der Waals surface area (Å²) in [6.07, 6.45) is -3.83. The first-order chi connectivity index (χ1) is 8.40. The van der Waals surface area contributed by atoms with Gasteiger partial charge in [-0.25, -0.2) is 0 Å². The van der Waals surface area contributed by atoms with Gasteiger partial charge in [0.25, 0.3) is 0 Å². The minimum atomic E-state index is -4.34. The number of ether oxygens (including phenoxy) is 1. The molecule has 1 atom stereocenters. The van der Waals surface area contributed by atoms with Crippen molar-refractivity contribution in [3.05, 3.63) is 29.3 Å². The first-order valence-corrected chi connectivity index (χ1v) is 5.55. The molecule has 98 valence electrons. The molecule has 0 spiro atoms. The van der Waals surface area contributed by atoms with Crippen molar-refractivity contribution in [2.75, 3.05) is 7.11 Å². The lowest BCUT2D eigenvalue weighted by atomic mass is 9.95. The van der Waals surface area contributed by atoms with Gasteiger partial charge < -0.3 is 4.74 Å². The molecular weight excluding hydrogens is 241 g/mol. The minimum Gasteiger partial charge on any atom is -0.496 e. The normalized spacial score (nSPS) is 12.6. The van der Waals surface area contributed by atoms with Gasteiger partial charge in [0.05, 0.1) is 12.7 Å². The van der Waals surface area contributed by atoms with Crippen LogP contribution in [0.15, 0.2) is 18.2 Å². The van der Waals surface area contributed by atoms with E-state index in [2.05, 4.69) is 11.8 Å². The predicted octanol–water partition coefficient (Wildman–Crippen LogP) is 4.23. The number of benzene rings is 1. The van der Waals surface area contributed by atoms with Crippen LogP contribution in [0.2, 0.25) is 0 Å². The zero-order chi connectivity index (χ0) is 13.8. The summed E-state index contributed by atoms with van der Waals surface area (Å²) in [6, 6.07) is 3.52. The van der Waals surface area contributed by atoms with Gasteiger partial charge in [-0.3, -0.25) is 0 Å². The number of methoxy groups -OCH3 is 1. The molecule has 0 aliphatic carbocycles. The quantitative estimate of drug-likeness (QED) is 0.735. The van der Waals surface area contributed by atoms with E-state index in [-0.39, 0.29) is 5.92 Å². The van der Waals surface area contributed by atoms with E-state index in [9.17, 15) is 13.2 Å². The summed E-state index contributed by atoms with van der Waals surface area (Å²) >= 11 is 0. The summed E-state index contributed by atoms with van der Waals surface area (Å²) in [5, 5.41) is 0. The maximum atomic E-state index is 12.7. The third kappa shape index (κ3) is 3.43. The Morgan fingerprint density at radius 2 is 2.00 bits per heavy atom. The fraction of sp³-hybridized carbons (Fsp3) is 0.429. The fourth-order valence-electron chi connectivity index (χ4n) is 1.66. The molecule has 1 rings (SSSR count). The topological polar surface area (TPSA) is 9.23 Å². The molecule has 0 amide bonds. The summed E-state index contributed by atoms with van der Waals surface area (Å²) in [5.74, 6) is 5.97. The smallest absolute Gasteiger partial charge is 0.416 e. The molecule has 4 heteroatoms. The van der Waals surface area contributed by atoms with Gasteiger partial charge in [0.15, 0.2) is 0 Å². The molecule has 1 nitrogen and oxygen atoms in total. The Morgan fingerprint density at radius 1 is 1.33 bits per heavy atom. The van der Waals surface area contributed by atoms with Crippen molar-refractivity contribution in [3.63, 3.8) is 0 Å². The van der Waals surface area contributed by atoms with E-state index < -0.39 is 11.7 Å². The molecule has 1 aromatic rings. The van der Waals surface area contributed by atoms with E-state index in [4.69, 9.17) is 4.74 Å². The largest absolute Gasteiger partial charge is 0.496 e. The molecule has 0 aromatic heterocycles. The molecule has 0 aliphatic rings. The van der Waals surface area contributed by atoms with Crippen LogP contribution < -0.4 is 4.74 Å². The van der Waals surface area contributed by atoms with Crippen LogP contribution in [-0.2, 0) is 6.18 Å². The second-order valence-electron chi connectivity index (χ2n) is 3.99. The molecular formula is C14H15F3O. The van der Waals surface area contributed by atoms with E-state index in [0.717, 1.165) is 12.1 Å². The lowest BCUT2D eigenvalue weighted by molar-refractivity contribution is -0.137. The van der Waals surface area contributed by atoms with Crippen LogP contribution in [0.3, 0.4) is 0 Å². The maximum absolute atomic E-state index is 12.7. The summed E-state index contributed by atoms with van der Waals surface area (Å²) in [4.78, 5) is 0. The van der Waals surface area contributed by atoms with Gasteiger partial charge >= 0.3 is 6.18 Å². The molecule has 0 fully saturated rings. The third-order valence-electron chi connectivity index (χ3n) is 2.67. The minimum absolute atomic E-state index is 0.102. The van der Waals surface area contributed by atoms with Crippen molar-refractivity contribution in [1.82, 2.24) is 0 Å². The van der Waals surface area contributed by atoms with E-state index in [1.54, 1.807) is 6.92 Å². The Labute approximate surface area is 105 Å². The van der Waals surface area contributed by atoms with Gasteiger partial charge in [-0.05, 0) is 36.6 Å². The molecule has 0 heterocycles. The first-order valence-electron chi connectivity index (χ1n) is 5.55. The van der Waals surface area contributed by atoms with Crippen LogP contribution in [0.5, 0.6) is 5.75 Å². The average molecular weight is 256 g/mol. The molecule has 1 aromatic carbocycles. The van der Waals surface area contributed by atoms with Crippen molar-refractivity contribution in [1.29, 1.82) is 0 Å². The van der Waals surface area contributed by atoms with Crippen LogP contribution in [-0.4, -0.2) is 7.11 Å². The van der Waals surface area contributed by atoms with Crippen LogP contribution >= 0.6 is 0 Å². The molecule has 0 bridgehead atoms. The van der Waals surface area contributed by atoms with Crippen molar-refractivity contribution in [3.8, 4) is 17.6 Å². The summed E-state index contributed by atoms with van der Waals surface area (Å²) < 4.78 is 43.0. The number of halogens is 3. The van der Waals surface area contributed by atoms with Gasteiger partial charge in [-0.15, -0.1) is 11.8 Å². The highest BCUT2D eigenvalue weighted by Gasteiger charge is 2.31. The third-order valence-corrected chi connectivity index (χ3v) is 2.67. The Balaban J connectivity index is 3.16. The summed E-state index contributed by atoms with van der Waals surface area (Å²) in [7, 11) is 1.45. The number of rotatable bonds is 3. The van der Waals surface area contributed by atoms with Gasteiger partial charge in [-0.1, -0.05) is 6.92 Å². The predicted molar refractivity (Wildman–Crippen MR) is 64.5 cm³/mol. The van der Waals surface area contributed by atoms with Crippen LogP contribution in [0.1, 0.15) is 37.3 Å². The van der Waals surface area contributed by atoms with Gasteiger partial charge in [0.1, 0.15) is 5.75 Å². The molecule has 0 aliphatic heterocycles. The Hall–Kier alpha value is -1.63. The van der Waals surface area contributed by atoms with Crippen LogP contribution in [0.4, 0.5) is 13.2 Å². The zero-order valence-corrected chi connectivity index (χ0v) is 10.6. The van der Waals surface area contributed by atoms with Gasteiger partial charge in [0, 0.05) is 6.42 Å². The second-order valence-corrected chi connectivity index (χ2v) is 3.99. The highest BCUT2D eigenvalue weighted by atomic mass is 19.4. The summed E-state index contributed by atoms with van der Waals surface area (Å²) in [6.45, 7) is 3.54. The SMILES string of the molecule is CC#CCC(C)c1cc(C(F)(F)F)ccc1OC. The van der Waals surface area contributed by atoms with E-state index in [1.807, 2.05) is 6.92 Å². The first kappa shape index (κ1) is 14.4. The van der Waals surface area contributed by atoms with Crippen molar-refractivity contribution >= 4 is 0 Å². The molecule has 0 saturated carbocycles. The van der Waals surface area contributed by atoms with Crippen LogP contribution in [0.25, 0.3) is 0 Å². The molecule has 1 unspecified atom stereocenters. The fourth-order valence-corrected chi connectivity index (χ4v) is 1.66. The zero-order valence-electron chi connectivity index (χ0n) is 10.6. The lowest BCUT2D eigenvalue weighted by Gasteiger charge is -2.16. The molecule has 0 N–H and O–H groups in total. The Bertz CT molecular complexity index is 466. The van der Waals surface area contributed by atoms with E-state index in [0.29, 0.717) is 17.7 Å². The Kier molecular flexibility index (Phi) is 4.66. The monoisotopic (exact) mass is 256 g/mol. The van der Waals surface area contributed by atoms with Crippen molar-refractivity contribution in [2.24, 2.45) is 0 Å². The van der Waals surface area contributed by atoms with Crippen LogP contribution in [0, 0.1) is 11.8 Å². The van der Waals surface area contributed by atoms with E-state index in [1.165, 1.54) is 13.2 Å². The maximum Gasteiger partial charge on any atom is 0.416 e. The second kappa shape index (κ2) is 5.81. The average Bonchev–Trinajstić information content (AvgIpc) is 2.34. The molecule has 0 saturated heterocycles.